The van der Waals surface area contributed by atoms with E-state index >= 15 is 0 Å². The van der Waals surface area contributed by atoms with Gasteiger partial charge in [0.05, 0.1) is 0 Å². The number of nitrogens with zero attached hydrogens (tertiary/aromatic N) is 2. The Morgan fingerprint density at radius 1 is 1.16 bits per heavy atom. The zero-order valence-electron chi connectivity index (χ0n) is 14.1. The summed E-state index contributed by atoms with van der Waals surface area (Å²) < 4.78 is 1.73. The monoisotopic (exact) mass is 332 g/mol. The maximum atomic E-state index is 11.2. The highest BCUT2D eigenvalue weighted by molar-refractivity contribution is 5.90. The quantitative estimate of drug-likeness (QED) is 0.536. The Balaban J connectivity index is 0.000000474. The van der Waals surface area contributed by atoms with E-state index < -0.39 is 0 Å². The number of imidazole rings is 1. The lowest BCUT2D eigenvalue weighted by Gasteiger charge is -2.08. The molecule has 1 aliphatic rings. The summed E-state index contributed by atoms with van der Waals surface area (Å²) in [5.41, 5.74) is 11.3. The van der Waals surface area contributed by atoms with E-state index in [9.17, 15) is 4.79 Å². The Labute approximate surface area is 145 Å². The predicted octanol–water partition coefficient (Wildman–Crippen LogP) is 4.36. The Kier molecular flexibility index (Phi) is 3.76. The zero-order chi connectivity index (χ0) is 17.4. The molecule has 1 aromatic carbocycles. The zero-order valence-corrected chi connectivity index (χ0v) is 14.1. The molecule has 0 saturated heterocycles. The van der Waals surface area contributed by atoms with Crippen molar-refractivity contribution in [3.8, 4) is 11.1 Å². The number of hydrogen-bond donors (Lipinski definition) is 2. The molecule has 0 amide bonds. The Hall–Kier alpha value is -3.08. The van der Waals surface area contributed by atoms with Crippen LogP contribution in [0.1, 0.15) is 35.3 Å². The van der Waals surface area contributed by atoms with E-state index in [0.717, 1.165) is 22.9 Å². The normalized spacial score (nSPS) is 12.8. The molecule has 126 valence electrons. The summed E-state index contributed by atoms with van der Waals surface area (Å²) >= 11 is 0. The van der Waals surface area contributed by atoms with Crippen LogP contribution in [0.2, 0.25) is 0 Å². The van der Waals surface area contributed by atoms with Crippen molar-refractivity contribution in [2.75, 3.05) is 5.73 Å². The number of nitrogens with one attached hydrogen (secondary N) is 1. The molecule has 0 spiro atoms. The second-order valence-electron chi connectivity index (χ2n) is 6.38. The topological polar surface area (TPSA) is 76.2 Å². The molecular weight excluding hydrogens is 312 g/mol. The van der Waals surface area contributed by atoms with Gasteiger partial charge in [0, 0.05) is 23.3 Å². The van der Waals surface area contributed by atoms with Gasteiger partial charge in [-0.15, -0.1) is 0 Å². The molecule has 4 aromatic rings. The van der Waals surface area contributed by atoms with Crippen LogP contribution in [0.4, 0.5) is 5.82 Å². The van der Waals surface area contributed by atoms with Gasteiger partial charge >= 0.3 is 0 Å². The van der Waals surface area contributed by atoms with Crippen LogP contribution in [-0.4, -0.2) is 20.7 Å². The highest BCUT2D eigenvalue weighted by Gasteiger charge is 2.11. The van der Waals surface area contributed by atoms with Crippen LogP contribution in [0.3, 0.4) is 0 Å². The van der Waals surface area contributed by atoms with Gasteiger partial charge in [-0.3, -0.25) is 9.20 Å². The third-order valence-corrected chi connectivity index (χ3v) is 4.46. The lowest BCUT2D eigenvalue weighted by molar-refractivity contribution is 0.111. The van der Waals surface area contributed by atoms with Gasteiger partial charge in [0.15, 0.2) is 12.1 Å². The Morgan fingerprint density at radius 3 is 2.68 bits per heavy atom. The van der Waals surface area contributed by atoms with Crippen molar-refractivity contribution >= 4 is 28.7 Å². The van der Waals surface area contributed by atoms with E-state index in [1.54, 1.807) is 4.40 Å². The van der Waals surface area contributed by atoms with Crippen LogP contribution in [0.5, 0.6) is 0 Å². The number of H-pyrrole nitrogens is 1. The lowest BCUT2D eigenvalue weighted by atomic mass is 9.99. The summed E-state index contributed by atoms with van der Waals surface area (Å²) in [6.45, 7) is 2.10. The number of carbonyl (C=O) groups excluding carboxylic acids is 1. The number of nitrogen functional groups attached to an aromatic ring is 1. The number of hydrogen-bond acceptors (Lipinski definition) is 3. The van der Waals surface area contributed by atoms with E-state index in [1.807, 2.05) is 24.5 Å². The molecule has 1 aliphatic carbocycles. The molecule has 1 fully saturated rings. The molecule has 0 radical (unpaired) electrons. The van der Waals surface area contributed by atoms with E-state index in [-0.39, 0.29) is 5.82 Å². The second kappa shape index (κ2) is 6.09. The van der Waals surface area contributed by atoms with Gasteiger partial charge in [0.2, 0.25) is 0 Å². The number of fused-ring (bicyclic) bond motifs is 2. The number of nitrogens with two attached hydrogens (primary N) is 1. The van der Waals surface area contributed by atoms with Crippen LogP contribution < -0.4 is 5.73 Å². The molecule has 1 saturated carbocycles. The van der Waals surface area contributed by atoms with Crippen LogP contribution in [0, 0.1) is 6.92 Å². The average molecular weight is 332 g/mol. The van der Waals surface area contributed by atoms with E-state index in [0.29, 0.717) is 11.3 Å². The lowest BCUT2D eigenvalue weighted by Crippen LogP contribution is -1.95. The Bertz CT molecular complexity index is 1070. The molecule has 0 atom stereocenters. The SMILES string of the molecule is C1CC1.Cc1c(-c2ccc3nc(N)c(C=O)n3c2)ccc2[nH]ccc12. The van der Waals surface area contributed by atoms with Gasteiger partial charge in [0.1, 0.15) is 11.3 Å². The number of anilines is 1. The van der Waals surface area contributed by atoms with E-state index in [2.05, 4.69) is 35.1 Å². The average Bonchev–Trinajstić information content (AvgIpc) is 3.35. The molecular formula is C20H20N4O. The number of aromatic nitrogens is 3. The summed E-state index contributed by atoms with van der Waals surface area (Å²) in [4.78, 5) is 18.6. The number of aryl methyl sites for hydroxylation is 1. The van der Waals surface area contributed by atoms with Crippen molar-refractivity contribution in [3.63, 3.8) is 0 Å². The summed E-state index contributed by atoms with van der Waals surface area (Å²) in [6.07, 6.45) is 9.08. The number of pyridine rings is 1. The second-order valence-corrected chi connectivity index (χ2v) is 6.38. The molecule has 5 rings (SSSR count). The fraction of sp³-hybridized carbons (Fsp3) is 0.200. The van der Waals surface area contributed by atoms with Crippen LogP contribution in [-0.2, 0) is 0 Å². The van der Waals surface area contributed by atoms with Crippen molar-refractivity contribution in [1.29, 1.82) is 0 Å². The van der Waals surface area contributed by atoms with Gasteiger partial charge in [-0.05, 0) is 47.9 Å². The van der Waals surface area contributed by atoms with Gasteiger partial charge in [0.25, 0.3) is 0 Å². The molecule has 25 heavy (non-hydrogen) atoms. The van der Waals surface area contributed by atoms with Gasteiger partial charge < -0.3 is 10.7 Å². The fourth-order valence-electron chi connectivity index (χ4n) is 2.95. The third-order valence-electron chi connectivity index (χ3n) is 4.46. The maximum absolute atomic E-state index is 11.2. The molecule has 5 nitrogen and oxygen atoms in total. The van der Waals surface area contributed by atoms with Gasteiger partial charge in [-0.2, -0.15) is 0 Å². The third kappa shape index (κ3) is 2.78. The number of rotatable bonds is 2. The van der Waals surface area contributed by atoms with Crippen LogP contribution in [0.25, 0.3) is 27.7 Å². The van der Waals surface area contributed by atoms with Gasteiger partial charge in [-0.25, -0.2) is 4.98 Å². The number of aromatic amines is 1. The van der Waals surface area contributed by atoms with Crippen molar-refractivity contribution in [2.24, 2.45) is 0 Å². The fourth-order valence-corrected chi connectivity index (χ4v) is 2.95. The molecule has 5 heteroatoms. The van der Waals surface area contributed by atoms with Crippen LogP contribution in [0.15, 0.2) is 42.7 Å². The minimum absolute atomic E-state index is 0.255. The summed E-state index contributed by atoms with van der Waals surface area (Å²) in [6, 6.07) is 10.1. The number of carbonyl (C=O) groups is 1. The predicted molar refractivity (Wildman–Crippen MR) is 101 cm³/mol. The first-order chi connectivity index (χ1) is 12.2. The summed E-state index contributed by atoms with van der Waals surface area (Å²) in [5, 5.41) is 1.19. The first-order valence-electron chi connectivity index (χ1n) is 8.49. The highest BCUT2D eigenvalue weighted by Crippen LogP contribution is 2.30. The molecule has 3 heterocycles. The van der Waals surface area contributed by atoms with E-state index in [4.69, 9.17) is 5.73 Å². The minimum Gasteiger partial charge on any atom is -0.382 e. The highest BCUT2D eigenvalue weighted by atomic mass is 16.1. The first-order valence-corrected chi connectivity index (χ1v) is 8.49. The molecule has 0 unspecified atom stereocenters. The largest absolute Gasteiger partial charge is 0.382 e. The van der Waals surface area contributed by atoms with Crippen molar-refractivity contribution in [3.05, 3.63) is 54.0 Å². The van der Waals surface area contributed by atoms with E-state index in [1.165, 1.54) is 30.2 Å². The summed E-state index contributed by atoms with van der Waals surface area (Å²) in [7, 11) is 0. The molecule has 3 aromatic heterocycles. The standard InChI is InChI=1S/C17H14N4O.C3H6/c1-10-12(3-4-14-13(10)6-7-19-14)11-2-5-16-20-17(18)15(9-22)21(16)8-11;1-2-3-1/h2-9,19H,18H2,1H3;1-3H2. The van der Waals surface area contributed by atoms with Crippen LogP contribution >= 0.6 is 0 Å². The molecule has 0 bridgehead atoms. The molecule has 3 N–H and O–H groups in total. The number of aldehydes is 1. The van der Waals surface area contributed by atoms with Crippen molar-refractivity contribution < 1.29 is 4.79 Å². The first kappa shape index (κ1) is 15.4. The minimum atomic E-state index is 0.255. The molecule has 0 aliphatic heterocycles. The van der Waals surface area contributed by atoms with Crippen molar-refractivity contribution in [2.45, 2.75) is 26.2 Å². The summed E-state index contributed by atoms with van der Waals surface area (Å²) in [5.74, 6) is 0.255. The van der Waals surface area contributed by atoms with Crippen molar-refractivity contribution in [1.82, 2.24) is 14.4 Å². The number of benzene rings is 1. The van der Waals surface area contributed by atoms with Gasteiger partial charge in [-0.1, -0.05) is 25.3 Å². The maximum Gasteiger partial charge on any atom is 0.170 e. The Morgan fingerprint density at radius 2 is 1.96 bits per heavy atom. The smallest absolute Gasteiger partial charge is 0.170 e.